The lowest BCUT2D eigenvalue weighted by atomic mass is 10.0. The summed E-state index contributed by atoms with van der Waals surface area (Å²) < 4.78 is 14.1. The Bertz CT molecular complexity index is 767. The fraction of sp³-hybridized carbons (Fsp3) is 0.222. The lowest BCUT2D eigenvalue weighted by molar-refractivity contribution is -0.127. The van der Waals surface area contributed by atoms with Crippen LogP contribution in [-0.4, -0.2) is 35.8 Å². The fourth-order valence-corrected chi connectivity index (χ4v) is 2.97. The molecule has 3 rings (SSSR count). The highest BCUT2D eigenvalue weighted by atomic mass is 35.5. The Hall–Kier alpha value is -2.40. The molecule has 1 fully saturated rings. The van der Waals surface area contributed by atoms with Crippen molar-refractivity contribution >= 4 is 23.4 Å². The van der Waals surface area contributed by atoms with Crippen molar-refractivity contribution in [2.45, 2.75) is 12.5 Å². The molecule has 1 atom stereocenters. The summed E-state index contributed by atoms with van der Waals surface area (Å²) in [5.74, 6) is -1.41. The molecule has 1 aliphatic rings. The average molecular weight is 347 g/mol. The lowest BCUT2D eigenvalue weighted by Crippen LogP contribution is -2.58. The Labute approximate surface area is 144 Å². The van der Waals surface area contributed by atoms with E-state index in [1.54, 1.807) is 0 Å². The Balaban J connectivity index is 1.88. The number of piperazine rings is 1. The summed E-state index contributed by atoms with van der Waals surface area (Å²) in [5, 5.41) is 2.99. The number of amides is 2. The third-order valence-corrected chi connectivity index (χ3v) is 4.26. The molecule has 124 valence electrons. The van der Waals surface area contributed by atoms with Gasteiger partial charge in [0.15, 0.2) is 0 Å². The van der Waals surface area contributed by atoms with E-state index < -0.39 is 17.8 Å². The van der Waals surface area contributed by atoms with Crippen LogP contribution in [0.4, 0.5) is 4.39 Å². The molecular formula is C18H16ClFN2O2. The maximum Gasteiger partial charge on any atom is 0.257 e. The van der Waals surface area contributed by atoms with E-state index in [0.29, 0.717) is 19.5 Å². The smallest absolute Gasteiger partial charge is 0.257 e. The number of rotatable bonds is 3. The number of nitrogens with zero attached hydrogens (tertiary/aromatic N) is 1. The van der Waals surface area contributed by atoms with Gasteiger partial charge in [0.1, 0.15) is 11.9 Å². The first kappa shape index (κ1) is 16.5. The van der Waals surface area contributed by atoms with Gasteiger partial charge < -0.3 is 10.2 Å². The number of halogens is 2. The van der Waals surface area contributed by atoms with Gasteiger partial charge in [0, 0.05) is 24.5 Å². The topological polar surface area (TPSA) is 49.4 Å². The molecule has 0 unspecified atom stereocenters. The van der Waals surface area contributed by atoms with Gasteiger partial charge in [0.25, 0.3) is 5.91 Å². The van der Waals surface area contributed by atoms with E-state index >= 15 is 0 Å². The van der Waals surface area contributed by atoms with Crippen LogP contribution in [-0.2, 0) is 11.2 Å². The van der Waals surface area contributed by atoms with E-state index in [1.165, 1.54) is 17.0 Å². The molecule has 0 radical (unpaired) electrons. The number of carbonyl (C=O) groups is 2. The molecule has 2 aromatic carbocycles. The summed E-state index contributed by atoms with van der Waals surface area (Å²) in [6.45, 7) is 0.690. The summed E-state index contributed by atoms with van der Waals surface area (Å²) >= 11 is 5.74. The number of hydrogen-bond donors (Lipinski definition) is 1. The molecule has 24 heavy (non-hydrogen) atoms. The van der Waals surface area contributed by atoms with E-state index in [4.69, 9.17) is 11.6 Å². The Morgan fingerprint density at radius 1 is 1.25 bits per heavy atom. The van der Waals surface area contributed by atoms with Crippen LogP contribution in [0.2, 0.25) is 5.02 Å². The zero-order valence-corrected chi connectivity index (χ0v) is 13.6. The standard InChI is InChI=1S/C18H16ClFN2O2/c19-13-6-7-14(15(20)11-13)18(24)22-9-8-21-17(23)16(22)10-12-4-2-1-3-5-12/h1-7,11,16H,8-10H2,(H,21,23)/t16-/m0/s1. The van der Waals surface area contributed by atoms with E-state index in [0.717, 1.165) is 11.6 Å². The summed E-state index contributed by atoms with van der Waals surface area (Å²) in [6.07, 6.45) is 0.383. The predicted octanol–water partition coefficient (Wildman–Crippen LogP) is 2.66. The van der Waals surface area contributed by atoms with Crippen LogP contribution in [0.3, 0.4) is 0 Å². The molecule has 1 heterocycles. The first-order chi connectivity index (χ1) is 11.6. The van der Waals surface area contributed by atoms with Crippen molar-refractivity contribution in [2.75, 3.05) is 13.1 Å². The first-order valence-corrected chi connectivity index (χ1v) is 8.01. The highest BCUT2D eigenvalue weighted by molar-refractivity contribution is 6.30. The van der Waals surface area contributed by atoms with E-state index in [1.807, 2.05) is 30.3 Å². The molecule has 0 spiro atoms. The van der Waals surface area contributed by atoms with Gasteiger partial charge >= 0.3 is 0 Å². The molecule has 1 N–H and O–H groups in total. The van der Waals surface area contributed by atoms with E-state index in [2.05, 4.69) is 5.32 Å². The Kier molecular flexibility index (Phi) is 4.81. The van der Waals surface area contributed by atoms with Crippen LogP contribution in [0.25, 0.3) is 0 Å². The molecule has 0 saturated carbocycles. The number of hydrogen-bond acceptors (Lipinski definition) is 2. The fourth-order valence-electron chi connectivity index (χ4n) is 2.82. The zero-order chi connectivity index (χ0) is 17.1. The molecule has 2 aromatic rings. The van der Waals surface area contributed by atoms with Crippen molar-refractivity contribution in [3.8, 4) is 0 Å². The molecule has 1 saturated heterocycles. The largest absolute Gasteiger partial charge is 0.353 e. The third-order valence-electron chi connectivity index (χ3n) is 4.03. The van der Waals surface area contributed by atoms with Gasteiger partial charge in [-0.2, -0.15) is 0 Å². The van der Waals surface area contributed by atoms with Crippen molar-refractivity contribution in [2.24, 2.45) is 0 Å². The van der Waals surface area contributed by atoms with Crippen LogP contribution >= 0.6 is 11.6 Å². The SMILES string of the molecule is O=C1NCCN(C(=O)c2ccc(Cl)cc2F)[C@H]1Cc1ccccc1. The second-order valence-corrected chi connectivity index (χ2v) is 6.06. The minimum absolute atomic E-state index is 0.0767. The predicted molar refractivity (Wildman–Crippen MR) is 89.4 cm³/mol. The highest BCUT2D eigenvalue weighted by Gasteiger charge is 2.34. The normalized spacial score (nSPS) is 17.5. The van der Waals surface area contributed by atoms with Crippen LogP contribution < -0.4 is 5.32 Å². The Morgan fingerprint density at radius 2 is 2.00 bits per heavy atom. The van der Waals surface area contributed by atoms with E-state index in [-0.39, 0.29) is 16.5 Å². The molecular weight excluding hydrogens is 331 g/mol. The van der Waals surface area contributed by atoms with Crippen molar-refractivity contribution in [1.82, 2.24) is 10.2 Å². The van der Waals surface area contributed by atoms with Gasteiger partial charge in [0.2, 0.25) is 5.91 Å². The van der Waals surface area contributed by atoms with Crippen molar-refractivity contribution < 1.29 is 14.0 Å². The van der Waals surface area contributed by atoms with E-state index in [9.17, 15) is 14.0 Å². The van der Waals surface area contributed by atoms with Crippen molar-refractivity contribution in [3.63, 3.8) is 0 Å². The second kappa shape index (κ2) is 7.01. The number of carbonyl (C=O) groups excluding carboxylic acids is 2. The number of nitrogens with one attached hydrogen (secondary N) is 1. The molecule has 6 heteroatoms. The second-order valence-electron chi connectivity index (χ2n) is 5.62. The molecule has 4 nitrogen and oxygen atoms in total. The Morgan fingerprint density at radius 3 is 2.71 bits per heavy atom. The third kappa shape index (κ3) is 3.41. The molecule has 0 bridgehead atoms. The summed E-state index contributed by atoms with van der Waals surface area (Å²) in [7, 11) is 0. The van der Waals surface area contributed by atoms with Gasteiger partial charge in [-0.15, -0.1) is 0 Å². The van der Waals surface area contributed by atoms with Gasteiger partial charge in [-0.05, 0) is 23.8 Å². The van der Waals surface area contributed by atoms with Gasteiger partial charge in [0.05, 0.1) is 5.56 Å². The van der Waals surface area contributed by atoms with Gasteiger partial charge in [-0.25, -0.2) is 4.39 Å². The van der Waals surface area contributed by atoms with Gasteiger partial charge in [-0.1, -0.05) is 41.9 Å². The summed E-state index contributed by atoms with van der Waals surface area (Å²) in [4.78, 5) is 26.4. The minimum Gasteiger partial charge on any atom is -0.353 e. The monoisotopic (exact) mass is 346 g/mol. The summed E-state index contributed by atoms with van der Waals surface area (Å²) in [5.41, 5.74) is 0.862. The molecule has 1 aliphatic heterocycles. The zero-order valence-electron chi connectivity index (χ0n) is 12.8. The highest BCUT2D eigenvalue weighted by Crippen LogP contribution is 2.20. The van der Waals surface area contributed by atoms with Gasteiger partial charge in [-0.3, -0.25) is 9.59 Å². The van der Waals surface area contributed by atoms with Crippen LogP contribution in [0.1, 0.15) is 15.9 Å². The van der Waals surface area contributed by atoms with Crippen LogP contribution in [0, 0.1) is 5.82 Å². The maximum atomic E-state index is 14.1. The number of benzene rings is 2. The van der Waals surface area contributed by atoms with Crippen LogP contribution in [0.15, 0.2) is 48.5 Å². The molecule has 0 aromatic heterocycles. The molecule has 0 aliphatic carbocycles. The maximum absolute atomic E-state index is 14.1. The van der Waals surface area contributed by atoms with Crippen molar-refractivity contribution in [3.05, 3.63) is 70.5 Å². The quantitative estimate of drug-likeness (QED) is 0.929. The van der Waals surface area contributed by atoms with Crippen LogP contribution in [0.5, 0.6) is 0 Å². The molecule has 2 amide bonds. The average Bonchev–Trinajstić information content (AvgIpc) is 2.57. The first-order valence-electron chi connectivity index (χ1n) is 7.64. The minimum atomic E-state index is -0.683. The lowest BCUT2D eigenvalue weighted by Gasteiger charge is -2.35. The van der Waals surface area contributed by atoms with Crippen molar-refractivity contribution in [1.29, 1.82) is 0 Å². The summed E-state index contributed by atoms with van der Waals surface area (Å²) in [6, 6.07) is 12.7.